The first-order valence-electron chi connectivity index (χ1n) is 6.64. The Kier molecular flexibility index (Phi) is 4.65. The maximum atomic E-state index is 13.2. The monoisotopic (exact) mass is 351 g/mol. The molecule has 4 heteroatoms. The lowest BCUT2D eigenvalue weighted by Gasteiger charge is -2.17. The molecule has 2 aromatic carbocycles. The van der Waals surface area contributed by atoms with Crippen LogP contribution in [0.5, 0.6) is 0 Å². The SMILES string of the molecule is C[Si](C)(C)c1ccc(CNc2cc(F)ccc2Br)cc1. The molecule has 1 N–H and O–H groups in total. The molecular weight excluding hydrogens is 333 g/mol. The van der Waals surface area contributed by atoms with Gasteiger partial charge in [0.2, 0.25) is 0 Å². The highest BCUT2D eigenvalue weighted by atomic mass is 79.9. The summed E-state index contributed by atoms with van der Waals surface area (Å²) in [5.41, 5.74) is 1.97. The van der Waals surface area contributed by atoms with E-state index in [9.17, 15) is 4.39 Å². The lowest BCUT2D eigenvalue weighted by Crippen LogP contribution is -2.37. The third kappa shape index (κ3) is 3.93. The van der Waals surface area contributed by atoms with E-state index in [1.54, 1.807) is 6.07 Å². The van der Waals surface area contributed by atoms with Crippen LogP contribution in [0.3, 0.4) is 0 Å². The van der Waals surface area contributed by atoms with Crippen LogP contribution in [0.25, 0.3) is 0 Å². The number of hydrogen-bond donors (Lipinski definition) is 1. The lowest BCUT2D eigenvalue weighted by molar-refractivity contribution is 0.628. The minimum atomic E-state index is -1.24. The van der Waals surface area contributed by atoms with Gasteiger partial charge in [-0.3, -0.25) is 0 Å². The Morgan fingerprint density at radius 1 is 1.05 bits per heavy atom. The molecule has 0 amide bonds. The Bertz CT molecular complexity index is 590. The van der Waals surface area contributed by atoms with Crippen LogP contribution in [0.1, 0.15) is 5.56 Å². The van der Waals surface area contributed by atoms with Crippen molar-refractivity contribution in [3.05, 3.63) is 58.3 Å². The van der Waals surface area contributed by atoms with Crippen LogP contribution in [-0.4, -0.2) is 8.07 Å². The molecule has 0 aliphatic heterocycles. The minimum absolute atomic E-state index is 0.232. The van der Waals surface area contributed by atoms with Gasteiger partial charge in [0, 0.05) is 11.0 Å². The van der Waals surface area contributed by atoms with Crippen molar-refractivity contribution in [3.8, 4) is 0 Å². The number of nitrogens with one attached hydrogen (secondary N) is 1. The zero-order valence-electron chi connectivity index (χ0n) is 12.0. The van der Waals surface area contributed by atoms with Crippen LogP contribution >= 0.6 is 15.9 Å². The number of halogens is 2. The summed E-state index contributed by atoms with van der Waals surface area (Å²) < 4.78 is 14.1. The molecule has 0 heterocycles. The quantitative estimate of drug-likeness (QED) is 0.784. The Morgan fingerprint density at radius 3 is 2.30 bits per heavy atom. The number of benzene rings is 2. The number of anilines is 1. The Hall–Kier alpha value is -1.13. The molecule has 0 bridgehead atoms. The van der Waals surface area contributed by atoms with E-state index in [2.05, 4.69) is 65.2 Å². The van der Waals surface area contributed by atoms with Crippen LogP contribution < -0.4 is 10.5 Å². The molecule has 0 aliphatic rings. The van der Waals surface area contributed by atoms with E-state index in [1.807, 2.05) is 0 Å². The van der Waals surface area contributed by atoms with E-state index in [4.69, 9.17) is 0 Å². The fraction of sp³-hybridized carbons (Fsp3) is 0.250. The summed E-state index contributed by atoms with van der Waals surface area (Å²) >= 11 is 3.42. The molecule has 0 atom stereocenters. The van der Waals surface area contributed by atoms with Gasteiger partial charge in [-0.1, -0.05) is 49.1 Å². The highest BCUT2D eigenvalue weighted by Crippen LogP contribution is 2.23. The van der Waals surface area contributed by atoms with Crippen molar-refractivity contribution in [2.24, 2.45) is 0 Å². The molecular formula is C16H19BrFNSi. The molecule has 2 rings (SSSR count). The molecule has 106 valence electrons. The van der Waals surface area contributed by atoms with Crippen molar-refractivity contribution in [1.29, 1.82) is 0 Å². The molecule has 0 saturated heterocycles. The van der Waals surface area contributed by atoms with Gasteiger partial charge in [-0.15, -0.1) is 0 Å². The van der Waals surface area contributed by atoms with Crippen molar-refractivity contribution in [1.82, 2.24) is 0 Å². The zero-order valence-corrected chi connectivity index (χ0v) is 14.6. The summed E-state index contributed by atoms with van der Waals surface area (Å²) in [5.74, 6) is -0.232. The smallest absolute Gasteiger partial charge is 0.125 e. The standard InChI is InChI=1S/C16H19BrFNSi/c1-20(2,3)14-7-4-12(5-8-14)11-19-16-10-13(18)6-9-15(16)17/h4-10,19H,11H2,1-3H3. The highest BCUT2D eigenvalue weighted by molar-refractivity contribution is 9.10. The van der Waals surface area contributed by atoms with E-state index in [-0.39, 0.29) is 5.82 Å². The molecule has 0 radical (unpaired) electrons. The van der Waals surface area contributed by atoms with Gasteiger partial charge >= 0.3 is 0 Å². The van der Waals surface area contributed by atoms with E-state index < -0.39 is 8.07 Å². The van der Waals surface area contributed by atoms with Crippen molar-refractivity contribution >= 4 is 34.9 Å². The summed E-state index contributed by atoms with van der Waals surface area (Å²) in [5, 5.41) is 4.70. The Labute approximate surface area is 129 Å². The normalized spacial score (nSPS) is 11.4. The number of rotatable bonds is 4. The van der Waals surface area contributed by atoms with Gasteiger partial charge in [-0.05, 0) is 39.7 Å². The zero-order chi connectivity index (χ0) is 14.8. The van der Waals surface area contributed by atoms with E-state index in [0.717, 1.165) is 10.2 Å². The van der Waals surface area contributed by atoms with E-state index in [0.29, 0.717) is 6.54 Å². The predicted molar refractivity (Wildman–Crippen MR) is 90.8 cm³/mol. The van der Waals surface area contributed by atoms with Crippen LogP contribution in [0.2, 0.25) is 19.6 Å². The van der Waals surface area contributed by atoms with Crippen LogP contribution in [0.15, 0.2) is 46.9 Å². The second-order valence-electron chi connectivity index (χ2n) is 5.92. The van der Waals surface area contributed by atoms with Gasteiger partial charge in [0.25, 0.3) is 0 Å². The van der Waals surface area contributed by atoms with Crippen molar-refractivity contribution in [2.75, 3.05) is 5.32 Å². The molecule has 0 unspecified atom stereocenters. The van der Waals surface area contributed by atoms with E-state index in [1.165, 1.54) is 22.9 Å². The summed E-state index contributed by atoms with van der Waals surface area (Å²) in [7, 11) is -1.24. The fourth-order valence-electron chi connectivity index (χ4n) is 1.95. The van der Waals surface area contributed by atoms with Gasteiger partial charge in [-0.2, -0.15) is 0 Å². The molecule has 0 saturated carbocycles. The fourth-order valence-corrected chi connectivity index (χ4v) is 3.51. The van der Waals surface area contributed by atoms with Crippen molar-refractivity contribution < 1.29 is 4.39 Å². The molecule has 0 aliphatic carbocycles. The molecule has 2 aromatic rings. The van der Waals surface area contributed by atoms with Crippen LogP contribution in [0.4, 0.5) is 10.1 Å². The third-order valence-corrected chi connectivity index (χ3v) is 5.99. The summed E-state index contributed by atoms with van der Waals surface area (Å²) in [6.07, 6.45) is 0. The predicted octanol–water partition coefficient (Wildman–Crippen LogP) is 4.75. The summed E-state index contributed by atoms with van der Waals surface area (Å²) in [4.78, 5) is 0. The molecule has 20 heavy (non-hydrogen) atoms. The second-order valence-corrected chi connectivity index (χ2v) is 11.9. The third-order valence-electron chi connectivity index (χ3n) is 3.23. The Morgan fingerprint density at radius 2 is 1.70 bits per heavy atom. The average molecular weight is 352 g/mol. The summed E-state index contributed by atoms with van der Waals surface area (Å²) in [6.45, 7) is 7.70. The van der Waals surface area contributed by atoms with Crippen LogP contribution in [-0.2, 0) is 6.54 Å². The van der Waals surface area contributed by atoms with Gasteiger partial charge < -0.3 is 5.32 Å². The van der Waals surface area contributed by atoms with Gasteiger partial charge in [-0.25, -0.2) is 4.39 Å². The molecule has 0 spiro atoms. The summed E-state index contributed by atoms with van der Waals surface area (Å²) in [6, 6.07) is 13.4. The average Bonchev–Trinajstić information content (AvgIpc) is 2.39. The first-order valence-corrected chi connectivity index (χ1v) is 10.9. The van der Waals surface area contributed by atoms with Crippen molar-refractivity contribution in [3.63, 3.8) is 0 Å². The minimum Gasteiger partial charge on any atom is -0.380 e. The maximum absolute atomic E-state index is 13.2. The van der Waals surface area contributed by atoms with Gasteiger partial charge in [0.1, 0.15) is 5.82 Å². The lowest BCUT2D eigenvalue weighted by atomic mass is 10.2. The van der Waals surface area contributed by atoms with Crippen molar-refractivity contribution in [2.45, 2.75) is 26.2 Å². The van der Waals surface area contributed by atoms with Gasteiger partial charge in [0.15, 0.2) is 0 Å². The molecule has 0 fully saturated rings. The van der Waals surface area contributed by atoms with Crippen LogP contribution in [0, 0.1) is 5.82 Å². The first-order chi connectivity index (χ1) is 9.36. The highest BCUT2D eigenvalue weighted by Gasteiger charge is 2.15. The largest absolute Gasteiger partial charge is 0.380 e. The topological polar surface area (TPSA) is 12.0 Å². The van der Waals surface area contributed by atoms with Gasteiger partial charge in [0.05, 0.1) is 13.8 Å². The first kappa shape index (κ1) is 15.3. The molecule has 0 aromatic heterocycles. The Balaban J connectivity index is 2.06. The van der Waals surface area contributed by atoms with E-state index >= 15 is 0 Å². The maximum Gasteiger partial charge on any atom is 0.125 e. The second kappa shape index (κ2) is 6.10. The molecule has 1 nitrogen and oxygen atoms in total. The number of hydrogen-bond acceptors (Lipinski definition) is 1.